The third-order valence-corrected chi connectivity index (χ3v) is 4.29. The van der Waals surface area contributed by atoms with Crippen molar-refractivity contribution in [1.82, 2.24) is 9.80 Å². The molecule has 1 aliphatic rings. The summed E-state index contributed by atoms with van der Waals surface area (Å²) < 4.78 is 5.09. The number of rotatable bonds is 4. The van der Waals surface area contributed by atoms with Gasteiger partial charge in [-0.1, -0.05) is 25.4 Å². The number of piperazine rings is 1. The Balaban J connectivity index is 2.03. The van der Waals surface area contributed by atoms with Crippen molar-refractivity contribution in [3.05, 3.63) is 23.2 Å². The summed E-state index contributed by atoms with van der Waals surface area (Å²) in [5, 5.41) is 3.20. The molecule has 7 heteroatoms. The fourth-order valence-corrected chi connectivity index (χ4v) is 3.03. The molecule has 0 radical (unpaired) electrons. The molecule has 0 bridgehead atoms. The Hall–Kier alpha value is -1.95. The molecule has 0 spiro atoms. The van der Waals surface area contributed by atoms with Crippen LogP contribution in [0, 0.1) is 5.92 Å². The number of anilines is 1. The van der Waals surface area contributed by atoms with E-state index in [1.165, 1.54) is 7.11 Å². The molecule has 1 aromatic rings. The molecule has 1 heterocycles. The van der Waals surface area contributed by atoms with E-state index in [9.17, 15) is 9.59 Å². The molecule has 1 fully saturated rings. The minimum Gasteiger partial charge on any atom is -0.495 e. The number of benzene rings is 1. The van der Waals surface area contributed by atoms with Gasteiger partial charge in [0.25, 0.3) is 0 Å². The lowest BCUT2D eigenvalue weighted by Crippen LogP contribution is -2.58. The zero-order valence-corrected chi connectivity index (χ0v) is 15.3. The highest BCUT2D eigenvalue weighted by atomic mass is 35.5. The van der Waals surface area contributed by atoms with Gasteiger partial charge in [-0.05, 0) is 31.0 Å². The van der Waals surface area contributed by atoms with Crippen molar-refractivity contribution in [3.63, 3.8) is 0 Å². The molecule has 1 aromatic carbocycles. The molecular formula is C17H24ClN3O3. The van der Waals surface area contributed by atoms with Crippen LogP contribution in [0.1, 0.15) is 20.8 Å². The van der Waals surface area contributed by atoms with Crippen molar-refractivity contribution >= 4 is 29.2 Å². The summed E-state index contributed by atoms with van der Waals surface area (Å²) in [5.41, 5.74) is 0.565. The lowest BCUT2D eigenvalue weighted by Gasteiger charge is -2.39. The van der Waals surface area contributed by atoms with Crippen molar-refractivity contribution in [1.29, 1.82) is 0 Å². The van der Waals surface area contributed by atoms with Crippen LogP contribution >= 0.6 is 11.6 Å². The van der Waals surface area contributed by atoms with E-state index in [1.54, 1.807) is 30.0 Å². The molecule has 0 unspecified atom stereocenters. The van der Waals surface area contributed by atoms with Crippen LogP contribution in [0.15, 0.2) is 18.2 Å². The number of methoxy groups -OCH3 is 1. The van der Waals surface area contributed by atoms with Crippen molar-refractivity contribution in [2.24, 2.45) is 5.92 Å². The predicted octanol–water partition coefficient (Wildman–Crippen LogP) is 3.07. The van der Waals surface area contributed by atoms with Gasteiger partial charge in [0, 0.05) is 25.3 Å². The maximum absolute atomic E-state index is 12.5. The van der Waals surface area contributed by atoms with Gasteiger partial charge in [0.2, 0.25) is 5.91 Å². The van der Waals surface area contributed by atoms with Crippen LogP contribution in [0.5, 0.6) is 5.75 Å². The van der Waals surface area contributed by atoms with Gasteiger partial charge < -0.3 is 19.9 Å². The predicted molar refractivity (Wildman–Crippen MR) is 94.6 cm³/mol. The molecule has 6 nitrogen and oxygen atoms in total. The molecular weight excluding hydrogens is 330 g/mol. The van der Waals surface area contributed by atoms with E-state index in [0.717, 1.165) is 0 Å². The normalized spacial score (nSPS) is 18.1. The van der Waals surface area contributed by atoms with E-state index in [0.29, 0.717) is 42.0 Å². The average molecular weight is 354 g/mol. The van der Waals surface area contributed by atoms with Gasteiger partial charge in [-0.2, -0.15) is 0 Å². The molecule has 1 N–H and O–H groups in total. The number of ether oxygens (including phenoxy) is 1. The smallest absolute Gasteiger partial charge is 0.322 e. The molecule has 1 aliphatic heterocycles. The molecule has 0 aliphatic carbocycles. The minimum absolute atomic E-state index is 0.0159. The number of urea groups is 1. The molecule has 24 heavy (non-hydrogen) atoms. The van der Waals surface area contributed by atoms with Gasteiger partial charge in [-0.3, -0.25) is 4.79 Å². The number of nitrogens with one attached hydrogen (secondary N) is 1. The summed E-state index contributed by atoms with van der Waals surface area (Å²) in [5.74, 6) is 0.932. The highest BCUT2D eigenvalue weighted by Gasteiger charge is 2.34. The number of hydrogen-bond donors (Lipinski definition) is 1. The quantitative estimate of drug-likeness (QED) is 0.904. The van der Waals surface area contributed by atoms with Crippen LogP contribution in [0.25, 0.3) is 0 Å². The first kappa shape index (κ1) is 18.4. The monoisotopic (exact) mass is 353 g/mol. The zero-order chi connectivity index (χ0) is 17.9. The largest absolute Gasteiger partial charge is 0.495 e. The van der Waals surface area contributed by atoms with Crippen molar-refractivity contribution in [3.8, 4) is 5.75 Å². The molecule has 1 atom stereocenters. The SMILES string of the molecule is COc1ccc(NC(=O)N2CCN(CC(C)C)C(=O)[C@@H]2C)cc1Cl. The van der Waals surface area contributed by atoms with Gasteiger partial charge in [-0.25, -0.2) is 4.79 Å². The highest BCUT2D eigenvalue weighted by molar-refractivity contribution is 6.32. The standard InChI is InChI=1S/C17H24ClN3O3/c1-11(2)10-20-7-8-21(12(3)16(20)22)17(23)19-13-5-6-15(24-4)14(18)9-13/h5-6,9,11-12H,7-8,10H2,1-4H3,(H,19,23)/t12-/m0/s1. The molecule has 3 amide bonds. The first-order valence-corrected chi connectivity index (χ1v) is 8.41. The Morgan fingerprint density at radius 3 is 2.71 bits per heavy atom. The van der Waals surface area contributed by atoms with E-state index in [1.807, 2.05) is 4.90 Å². The number of nitrogens with zero attached hydrogens (tertiary/aromatic N) is 2. The summed E-state index contributed by atoms with van der Waals surface area (Å²) in [4.78, 5) is 28.3. The third kappa shape index (κ3) is 4.12. The molecule has 0 saturated carbocycles. The summed E-state index contributed by atoms with van der Waals surface area (Å²) in [6, 6.07) is 4.24. The molecule has 1 saturated heterocycles. The first-order valence-electron chi connectivity index (χ1n) is 8.03. The van der Waals surface area contributed by atoms with Gasteiger partial charge in [0.1, 0.15) is 11.8 Å². The van der Waals surface area contributed by atoms with Crippen LogP contribution in [0.2, 0.25) is 5.02 Å². The molecule has 132 valence electrons. The third-order valence-electron chi connectivity index (χ3n) is 4.00. The second-order valence-electron chi connectivity index (χ2n) is 6.33. The van der Waals surface area contributed by atoms with E-state index >= 15 is 0 Å². The maximum Gasteiger partial charge on any atom is 0.322 e. The first-order chi connectivity index (χ1) is 11.3. The maximum atomic E-state index is 12.5. The van der Waals surface area contributed by atoms with Crippen molar-refractivity contribution in [2.75, 3.05) is 32.1 Å². The fourth-order valence-electron chi connectivity index (χ4n) is 2.77. The highest BCUT2D eigenvalue weighted by Crippen LogP contribution is 2.27. The molecule has 0 aromatic heterocycles. The number of amides is 3. The second-order valence-corrected chi connectivity index (χ2v) is 6.73. The Bertz CT molecular complexity index is 621. The van der Waals surface area contributed by atoms with Gasteiger partial charge in [-0.15, -0.1) is 0 Å². The van der Waals surface area contributed by atoms with E-state index < -0.39 is 6.04 Å². The van der Waals surface area contributed by atoms with Crippen LogP contribution in [0.3, 0.4) is 0 Å². The van der Waals surface area contributed by atoms with Gasteiger partial charge >= 0.3 is 6.03 Å². The van der Waals surface area contributed by atoms with Crippen LogP contribution in [0.4, 0.5) is 10.5 Å². The lowest BCUT2D eigenvalue weighted by molar-refractivity contribution is -0.139. The van der Waals surface area contributed by atoms with E-state index in [4.69, 9.17) is 16.3 Å². The van der Waals surface area contributed by atoms with Crippen molar-refractivity contribution in [2.45, 2.75) is 26.8 Å². The zero-order valence-electron chi connectivity index (χ0n) is 14.5. The number of carbonyl (C=O) groups excluding carboxylic acids is 2. The number of hydrogen-bond acceptors (Lipinski definition) is 3. The van der Waals surface area contributed by atoms with Gasteiger partial charge in [0.15, 0.2) is 0 Å². The fraction of sp³-hybridized carbons (Fsp3) is 0.529. The lowest BCUT2D eigenvalue weighted by atomic mass is 10.1. The summed E-state index contributed by atoms with van der Waals surface area (Å²) in [7, 11) is 1.53. The van der Waals surface area contributed by atoms with Crippen LogP contribution in [-0.2, 0) is 4.79 Å². The second kappa shape index (κ2) is 7.75. The number of carbonyl (C=O) groups is 2. The van der Waals surface area contributed by atoms with E-state index in [2.05, 4.69) is 19.2 Å². The van der Waals surface area contributed by atoms with E-state index in [-0.39, 0.29) is 11.9 Å². The topological polar surface area (TPSA) is 61.9 Å². The Labute approximate surface area is 147 Å². The molecule has 2 rings (SSSR count). The number of halogens is 1. The van der Waals surface area contributed by atoms with Gasteiger partial charge in [0.05, 0.1) is 12.1 Å². The minimum atomic E-state index is -0.480. The van der Waals surface area contributed by atoms with Crippen molar-refractivity contribution < 1.29 is 14.3 Å². The summed E-state index contributed by atoms with van der Waals surface area (Å²) >= 11 is 6.07. The summed E-state index contributed by atoms with van der Waals surface area (Å²) in [6.07, 6.45) is 0. The Morgan fingerprint density at radius 1 is 1.42 bits per heavy atom. The Kier molecular flexibility index (Phi) is 5.94. The van der Waals surface area contributed by atoms with Crippen LogP contribution < -0.4 is 10.1 Å². The average Bonchev–Trinajstić information content (AvgIpc) is 2.51. The Morgan fingerprint density at radius 2 is 2.12 bits per heavy atom. The van der Waals surface area contributed by atoms with Crippen LogP contribution in [-0.4, -0.2) is 54.5 Å². The summed E-state index contributed by atoms with van der Waals surface area (Å²) in [6.45, 7) is 7.69.